The number of hydrogen-bond donors (Lipinski definition) is 1. The minimum atomic E-state index is -0.913. The van der Waals surface area contributed by atoms with Crippen LogP contribution in [0.3, 0.4) is 0 Å². The average Bonchev–Trinajstić information content (AvgIpc) is 3.32. The van der Waals surface area contributed by atoms with Gasteiger partial charge in [-0.25, -0.2) is 0 Å². The van der Waals surface area contributed by atoms with Gasteiger partial charge in [-0.2, -0.15) is 0 Å². The highest BCUT2D eigenvalue weighted by Gasteiger charge is 2.43. The molecule has 2 fully saturated rings. The van der Waals surface area contributed by atoms with Gasteiger partial charge in [0.05, 0.1) is 23.6 Å². The van der Waals surface area contributed by atoms with Crippen LogP contribution < -0.4 is 4.74 Å². The summed E-state index contributed by atoms with van der Waals surface area (Å²) >= 11 is 6.65. The van der Waals surface area contributed by atoms with Crippen molar-refractivity contribution in [3.8, 4) is 5.75 Å². The molecule has 1 N–H and O–H groups in total. The lowest BCUT2D eigenvalue weighted by molar-refractivity contribution is -0.154. The summed E-state index contributed by atoms with van der Waals surface area (Å²) in [6.07, 6.45) is 6.25. The Morgan fingerprint density at radius 1 is 1.05 bits per heavy atom. The third kappa shape index (κ3) is 5.30. The number of ether oxygens (including phenoxy) is 1. The highest BCUT2D eigenvalue weighted by Crippen LogP contribution is 2.43. The lowest BCUT2D eigenvalue weighted by atomic mass is 9.77. The zero-order valence-electron chi connectivity index (χ0n) is 20.8. The van der Waals surface area contributed by atoms with E-state index in [1.807, 2.05) is 30.3 Å². The number of fused-ring (bicyclic) bond motifs is 1. The van der Waals surface area contributed by atoms with Crippen LogP contribution in [0, 0.1) is 11.8 Å². The number of carbonyl (C=O) groups is 3. The second-order valence-electron chi connectivity index (χ2n) is 10.1. The summed E-state index contributed by atoms with van der Waals surface area (Å²) in [5.74, 6) is -1.64. The third-order valence-corrected chi connectivity index (χ3v) is 8.28. The Labute approximate surface area is 221 Å². The van der Waals surface area contributed by atoms with Gasteiger partial charge in [-0.1, -0.05) is 30.5 Å². The number of hydrogen-bond acceptors (Lipinski definition) is 5. The quantitative estimate of drug-likeness (QED) is 0.580. The van der Waals surface area contributed by atoms with Crippen molar-refractivity contribution in [1.29, 1.82) is 0 Å². The predicted molar refractivity (Wildman–Crippen MR) is 137 cm³/mol. The summed E-state index contributed by atoms with van der Waals surface area (Å²) in [5, 5.41) is 10.4. The van der Waals surface area contributed by atoms with E-state index in [0.29, 0.717) is 56.1 Å². The van der Waals surface area contributed by atoms with Crippen LogP contribution in [0.25, 0.3) is 0 Å². The number of carbonyl (C=O) groups excluding carboxylic acids is 2. The molecule has 3 aliphatic rings. The summed E-state index contributed by atoms with van der Waals surface area (Å²) < 4.78 is 6.24. The molecular weight excluding hydrogens is 494 g/mol. The molecule has 8 nitrogen and oxygen atoms in total. The first-order valence-electron chi connectivity index (χ1n) is 13.1. The molecule has 1 aromatic heterocycles. The highest BCUT2D eigenvalue weighted by atomic mass is 35.5. The van der Waals surface area contributed by atoms with Gasteiger partial charge in [0.15, 0.2) is 0 Å². The van der Waals surface area contributed by atoms with Crippen LogP contribution >= 0.6 is 11.6 Å². The van der Waals surface area contributed by atoms with Crippen molar-refractivity contribution in [1.82, 2.24) is 14.8 Å². The Morgan fingerprint density at radius 2 is 1.86 bits per heavy atom. The number of aromatic nitrogens is 1. The van der Waals surface area contributed by atoms with Gasteiger partial charge in [-0.15, -0.1) is 0 Å². The highest BCUT2D eigenvalue weighted by molar-refractivity contribution is 6.31. The first-order valence-corrected chi connectivity index (χ1v) is 13.5. The molecule has 2 aromatic rings. The number of carboxylic acid groups (broad SMARTS) is 1. The van der Waals surface area contributed by atoms with Crippen LogP contribution in [0.4, 0.5) is 0 Å². The predicted octanol–water partition coefficient (Wildman–Crippen LogP) is 4.25. The minimum Gasteiger partial charge on any atom is -0.487 e. The Bertz CT molecular complexity index is 1170. The molecule has 1 aromatic carbocycles. The summed E-state index contributed by atoms with van der Waals surface area (Å²) in [6, 6.07) is 8.79. The normalized spacial score (nSPS) is 23.6. The lowest BCUT2D eigenvalue weighted by Crippen LogP contribution is -2.50. The van der Waals surface area contributed by atoms with Crippen LogP contribution in [0.2, 0.25) is 5.02 Å². The van der Waals surface area contributed by atoms with Crippen LogP contribution in [-0.4, -0.2) is 57.3 Å². The van der Waals surface area contributed by atoms with E-state index in [2.05, 4.69) is 4.98 Å². The largest absolute Gasteiger partial charge is 0.487 e. The van der Waals surface area contributed by atoms with Gasteiger partial charge in [-0.05, 0) is 55.5 Å². The van der Waals surface area contributed by atoms with Gasteiger partial charge >= 0.3 is 5.97 Å². The van der Waals surface area contributed by atoms with Crippen LogP contribution in [0.15, 0.2) is 36.5 Å². The molecule has 2 aliphatic heterocycles. The summed E-state index contributed by atoms with van der Waals surface area (Å²) in [5.41, 5.74) is 2.50. The van der Waals surface area contributed by atoms with E-state index in [4.69, 9.17) is 16.3 Å². The maximum Gasteiger partial charge on any atom is 0.307 e. The minimum absolute atomic E-state index is 0.0681. The molecule has 1 saturated heterocycles. The van der Waals surface area contributed by atoms with Gasteiger partial charge in [0.1, 0.15) is 12.4 Å². The van der Waals surface area contributed by atoms with E-state index in [1.165, 1.54) is 0 Å². The molecule has 1 saturated carbocycles. The van der Waals surface area contributed by atoms with E-state index in [9.17, 15) is 19.5 Å². The number of likely N-dealkylation sites (tertiary alicyclic amines) is 1. The number of pyridine rings is 1. The van der Waals surface area contributed by atoms with Crippen molar-refractivity contribution in [3.63, 3.8) is 0 Å². The number of benzene rings is 1. The smallest absolute Gasteiger partial charge is 0.307 e. The van der Waals surface area contributed by atoms with E-state index < -0.39 is 23.8 Å². The van der Waals surface area contributed by atoms with Crippen molar-refractivity contribution >= 4 is 29.4 Å². The molecule has 0 bridgehead atoms. The summed E-state index contributed by atoms with van der Waals surface area (Å²) in [6.45, 7) is 1.65. The fourth-order valence-electron chi connectivity index (χ4n) is 6.04. The number of amides is 2. The number of nitrogens with zero attached hydrogens (tertiary/aromatic N) is 3. The van der Waals surface area contributed by atoms with Gasteiger partial charge in [0.2, 0.25) is 11.8 Å². The molecule has 3 atom stereocenters. The number of carboxylic acids is 1. The van der Waals surface area contributed by atoms with Crippen molar-refractivity contribution < 1.29 is 24.2 Å². The van der Waals surface area contributed by atoms with Crippen molar-refractivity contribution in [3.05, 3.63) is 58.4 Å². The molecule has 2 amide bonds. The molecule has 1 unspecified atom stereocenters. The Morgan fingerprint density at radius 3 is 2.57 bits per heavy atom. The van der Waals surface area contributed by atoms with Crippen LogP contribution in [0.5, 0.6) is 5.75 Å². The molecule has 0 spiro atoms. The van der Waals surface area contributed by atoms with E-state index >= 15 is 0 Å². The molecular formula is C28H32ClN3O5. The van der Waals surface area contributed by atoms with E-state index in [0.717, 1.165) is 36.1 Å². The molecule has 1 aliphatic carbocycles. The monoisotopic (exact) mass is 525 g/mol. The summed E-state index contributed by atoms with van der Waals surface area (Å²) in [7, 11) is 0. The van der Waals surface area contributed by atoms with Gasteiger partial charge in [-0.3, -0.25) is 19.4 Å². The standard InChI is InChI=1S/C28H32ClN3O5/c29-22-10-11-24(37-17-18-6-3-4-13-30-18)26-21(22)12-15-32(23(26)16-31-14-5-9-25(31)33)27(34)19-7-1-2-8-20(19)28(35)36/h3-4,6,10-11,13,19-20,23H,1-2,5,7-9,12,14-17H2,(H,35,36)/t19?,20-,23-/m1/s1. The van der Waals surface area contributed by atoms with E-state index in [1.54, 1.807) is 16.0 Å². The first-order chi connectivity index (χ1) is 17.9. The number of halogens is 1. The van der Waals surface area contributed by atoms with Gasteiger partial charge in [0, 0.05) is 42.8 Å². The molecule has 9 heteroatoms. The topological polar surface area (TPSA) is 100 Å². The summed E-state index contributed by atoms with van der Waals surface area (Å²) in [4.78, 5) is 46.6. The Hall–Kier alpha value is -3.13. The molecule has 0 radical (unpaired) electrons. The molecule has 3 heterocycles. The van der Waals surface area contributed by atoms with Crippen molar-refractivity contribution in [2.24, 2.45) is 11.8 Å². The molecule has 37 heavy (non-hydrogen) atoms. The Balaban J connectivity index is 1.51. The molecule has 196 valence electrons. The number of aliphatic carboxylic acids is 1. The SMILES string of the molecule is O=C(O)[C@@H]1CCCCC1C(=O)N1CCc2c(Cl)ccc(OCc3ccccn3)c2[C@H]1CN1CCCC1=O. The first kappa shape index (κ1) is 25.5. The van der Waals surface area contributed by atoms with E-state index in [-0.39, 0.29) is 18.4 Å². The third-order valence-electron chi connectivity index (χ3n) is 7.92. The van der Waals surface area contributed by atoms with Gasteiger partial charge < -0.3 is 19.6 Å². The van der Waals surface area contributed by atoms with Crippen LogP contribution in [-0.2, 0) is 27.4 Å². The van der Waals surface area contributed by atoms with Crippen molar-refractivity contribution in [2.75, 3.05) is 19.6 Å². The average molecular weight is 526 g/mol. The maximum atomic E-state index is 14.0. The Kier molecular flexibility index (Phi) is 7.65. The fourth-order valence-corrected chi connectivity index (χ4v) is 6.29. The lowest BCUT2D eigenvalue weighted by Gasteiger charge is -2.43. The maximum absolute atomic E-state index is 14.0. The second-order valence-corrected chi connectivity index (χ2v) is 10.5. The fraction of sp³-hybridized carbons (Fsp3) is 0.500. The number of rotatable bonds is 7. The van der Waals surface area contributed by atoms with Gasteiger partial charge in [0.25, 0.3) is 0 Å². The zero-order valence-corrected chi connectivity index (χ0v) is 21.5. The molecule has 5 rings (SSSR count). The van der Waals surface area contributed by atoms with Crippen LogP contribution in [0.1, 0.15) is 61.4 Å². The second kappa shape index (κ2) is 11.1. The van der Waals surface area contributed by atoms with Crippen molar-refractivity contribution in [2.45, 2.75) is 57.6 Å². The zero-order chi connectivity index (χ0) is 25.9.